The molecule has 17 nitrogen and oxygen atoms in total. The lowest BCUT2D eigenvalue weighted by Crippen LogP contribution is -2.58. The third kappa shape index (κ3) is 19.1. The van der Waals surface area contributed by atoms with Crippen molar-refractivity contribution in [3.8, 4) is 0 Å². The molecule has 0 radical (unpaired) electrons. The van der Waals surface area contributed by atoms with Gasteiger partial charge in [0.05, 0.1) is 6.61 Å². The van der Waals surface area contributed by atoms with E-state index in [1.54, 1.807) is 20.8 Å². The van der Waals surface area contributed by atoms with Gasteiger partial charge in [-0.2, -0.15) is 0 Å². The zero-order chi connectivity index (χ0) is 39.1. The fourth-order valence-electron chi connectivity index (χ4n) is 4.70. The van der Waals surface area contributed by atoms with E-state index in [4.69, 9.17) is 20.1 Å². The van der Waals surface area contributed by atoms with Crippen LogP contribution in [0.25, 0.3) is 0 Å². The molecule has 0 saturated heterocycles. The number of benzene rings is 2. The Morgan fingerprint density at radius 2 is 1.06 bits per heavy atom. The zero-order valence-electron chi connectivity index (χ0n) is 30.5. The normalized spacial score (nSPS) is 12.5. The quantitative estimate of drug-likeness (QED) is 0.0302. The van der Waals surface area contributed by atoms with Crippen LogP contribution in [0.5, 0.6) is 0 Å². The number of aliphatic hydroxyl groups is 1. The van der Waals surface area contributed by atoms with Gasteiger partial charge in [0.2, 0.25) is 11.8 Å². The van der Waals surface area contributed by atoms with Crippen LogP contribution in [0.2, 0.25) is 0 Å². The molecule has 0 aliphatic rings. The molecule has 2 rings (SSSR count). The number of hydrogen-bond donors (Lipinski definition) is 8. The predicted octanol–water partition coefficient (Wildman–Crippen LogP) is 2.02. The van der Waals surface area contributed by atoms with E-state index >= 15 is 0 Å². The number of unbranched alkanes of at least 4 members (excludes halogenated alkanes) is 2. The summed E-state index contributed by atoms with van der Waals surface area (Å²) in [6.07, 6.45) is -0.368. The van der Waals surface area contributed by atoms with Crippen molar-refractivity contribution in [3.05, 3.63) is 71.8 Å². The van der Waals surface area contributed by atoms with E-state index in [2.05, 4.69) is 26.6 Å². The Hall–Kier alpha value is -5.42. The van der Waals surface area contributed by atoms with Crippen LogP contribution < -0.4 is 37.9 Å². The molecule has 292 valence electrons. The lowest BCUT2D eigenvalue weighted by atomic mass is 10.0. The minimum Gasteiger partial charge on any atom is -0.445 e. The highest BCUT2D eigenvalue weighted by Crippen LogP contribution is 2.10. The Kier molecular flexibility index (Phi) is 19.8. The lowest BCUT2D eigenvalue weighted by Gasteiger charge is -2.26. The van der Waals surface area contributed by atoms with Crippen LogP contribution >= 0.6 is 0 Å². The summed E-state index contributed by atoms with van der Waals surface area (Å²) in [6.45, 7) is 4.88. The third-order valence-electron chi connectivity index (χ3n) is 7.40. The first kappa shape index (κ1) is 43.7. The maximum absolute atomic E-state index is 13.6. The molecule has 0 aromatic heterocycles. The molecule has 2 aromatic carbocycles. The number of amides is 6. The average molecular weight is 744 g/mol. The van der Waals surface area contributed by atoms with Crippen LogP contribution in [0.4, 0.5) is 14.4 Å². The minimum atomic E-state index is -1.39. The minimum absolute atomic E-state index is 0.0644. The Bertz CT molecular complexity index is 1440. The van der Waals surface area contributed by atoms with Crippen molar-refractivity contribution in [2.75, 3.05) is 19.7 Å². The Balaban J connectivity index is 2.00. The van der Waals surface area contributed by atoms with Crippen molar-refractivity contribution in [2.24, 2.45) is 5.84 Å². The Morgan fingerprint density at radius 3 is 1.47 bits per heavy atom. The maximum Gasteiger partial charge on any atom is 0.408 e. The van der Waals surface area contributed by atoms with Crippen LogP contribution in [0.1, 0.15) is 70.4 Å². The first-order valence-corrected chi connectivity index (χ1v) is 17.4. The fraction of sp³-hybridized carbons (Fsp3) is 0.500. The fourth-order valence-corrected chi connectivity index (χ4v) is 4.70. The van der Waals surface area contributed by atoms with E-state index in [9.17, 15) is 33.9 Å². The van der Waals surface area contributed by atoms with Gasteiger partial charge in [-0.3, -0.25) is 19.8 Å². The predicted molar refractivity (Wildman–Crippen MR) is 193 cm³/mol. The van der Waals surface area contributed by atoms with Crippen molar-refractivity contribution in [1.82, 2.24) is 32.0 Å². The number of alkyl carbamates (subject to hydrolysis) is 3. The van der Waals surface area contributed by atoms with Crippen molar-refractivity contribution in [1.29, 1.82) is 0 Å². The highest BCUT2D eigenvalue weighted by molar-refractivity contribution is 5.93. The number of ether oxygens (including phenoxy) is 3. The molecule has 0 fully saturated rings. The molecule has 0 saturated carbocycles. The largest absolute Gasteiger partial charge is 0.445 e. The molecule has 17 heteroatoms. The van der Waals surface area contributed by atoms with Gasteiger partial charge in [0.1, 0.15) is 36.9 Å². The van der Waals surface area contributed by atoms with Crippen molar-refractivity contribution in [3.63, 3.8) is 0 Å². The van der Waals surface area contributed by atoms with E-state index in [0.717, 1.165) is 11.1 Å². The van der Waals surface area contributed by atoms with Crippen molar-refractivity contribution in [2.45, 2.75) is 96.2 Å². The standard InChI is InChI=1S/C36H53N7O10/c1-36(2,3)53-35(50)42-28(19-11-13-21-39-34(49)52-24-26-16-8-5-9-17-26)31(46)40-27(30(45)41-29(22-44)32(47)43-37)18-10-12-20-38-33(48)51-23-25-14-6-4-7-15-25/h4-9,14-17,27-29,44H,10-13,18-24,37H2,1-3H3,(H,38,48)(H,39,49)(H,40,46)(H,41,45)(H,42,50)(H,43,47)/t27-,28-,29-/m0/s1. The van der Waals surface area contributed by atoms with E-state index in [1.165, 1.54) is 0 Å². The van der Waals surface area contributed by atoms with E-state index in [0.29, 0.717) is 25.7 Å². The molecule has 53 heavy (non-hydrogen) atoms. The van der Waals surface area contributed by atoms with Gasteiger partial charge >= 0.3 is 18.3 Å². The molecule has 0 aliphatic heterocycles. The summed E-state index contributed by atoms with van der Waals surface area (Å²) in [5.74, 6) is 2.82. The van der Waals surface area contributed by atoms with Gasteiger partial charge in [-0.1, -0.05) is 60.7 Å². The summed E-state index contributed by atoms with van der Waals surface area (Å²) in [5.41, 5.74) is 2.66. The van der Waals surface area contributed by atoms with Crippen LogP contribution in [-0.4, -0.2) is 84.5 Å². The first-order valence-electron chi connectivity index (χ1n) is 17.4. The molecule has 0 spiro atoms. The summed E-state index contributed by atoms with van der Waals surface area (Å²) >= 11 is 0. The average Bonchev–Trinajstić information content (AvgIpc) is 3.13. The van der Waals surface area contributed by atoms with Crippen LogP contribution in [0.15, 0.2) is 60.7 Å². The summed E-state index contributed by atoms with van der Waals surface area (Å²) in [4.78, 5) is 75.8. The van der Waals surface area contributed by atoms with Gasteiger partial charge in [-0.05, 0) is 70.4 Å². The first-order chi connectivity index (χ1) is 25.3. The van der Waals surface area contributed by atoms with Gasteiger partial charge in [-0.15, -0.1) is 0 Å². The maximum atomic E-state index is 13.6. The summed E-state index contributed by atoms with van der Waals surface area (Å²) < 4.78 is 15.7. The molecular formula is C36H53N7O10. The second-order valence-electron chi connectivity index (χ2n) is 13.0. The van der Waals surface area contributed by atoms with Crippen molar-refractivity contribution < 1.29 is 48.1 Å². The Labute approximate surface area is 309 Å². The van der Waals surface area contributed by atoms with Gasteiger partial charge in [0.25, 0.3) is 5.91 Å². The number of hydrazine groups is 1. The molecular weight excluding hydrogens is 690 g/mol. The van der Waals surface area contributed by atoms with Gasteiger partial charge in [0, 0.05) is 13.1 Å². The van der Waals surface area contributed by atoms with Crippen LogP contribution in [0, 0.1) is 0 Å². The third-order valence-corrected chi connectivity index (χ3v) is 7.40. The summed E-state index contributed by atoms with van der Waals surface area (Å²) in [6, 6.07) is 14.6. The number of rotatable bonds is 21. The zero-order valence-corrected chi connectivity index (χ0v) is 30.5. The van der Waals surface area contributed by atoms with E-state index in [-0.39, 0.29) is 39.1 Å². The number of carbonyl (C=O) groups is 6. The lowest BCUT2D eigenvalue weighted by molar-refractivity contribution is -0.133. The molecule has 6 amide bonds. The second-order valence-corrected chi connectivity index (χ2v) is 13.0. The second kappa shape index (κ2) is 23.9. The van der Waals surface area contributed by atoms with Crippen molar-refractivity contribution >= 4 is 36.0 Å². The van der Waals surface area contributed by atoms with Gasteiger partial charge in [0.15, 0.2) is 0 Å². The Morgan fingerprint density at radius 1 is 0.623 bits per heavy atom. The van der Waals surface area contributed by atoms with Gasteiger partial charge < -0.3 is 45.9 Å². The number of hydrogen-bond acceptors (Lipinski definition) is 11. The molecule has 0 unspecified atom stereocenters. The number of carbonyl (C=O) groups excluding carboxylic acids is 6. The smallest absolute Gasteiger partial charge is 0.408 e. The number of nitrogens with one attached hydrogen (secondary N) is 6. The molecule has 9 N–H and O–H groups in total. The van der Waals surface area contributed by atoms with Crippen LogP contribution in [-0.2, 0) is 41.8 Å². The van der Waals surface area contributed by atoms with E-state index < -0.39 is 66.3 Å². The molecule has 0 bridgehead atoms. The monoisotopic (exact) mass is 743 g/mol. The van der Waals surface area contributed by atoms with E-state index in [1.807, 2.05) is 66.1 Å². The topological polar surface area (TPSA) is 249 Å². The highest BCUT2D eigenvalue weighted by atomic mass is 16.6. The number of nitrogens with two attached hydrogens (primary N) is 1. The SMILES string of the molecule is CC(C)(C)OC(=O)N[C@@H](CCCCNC(=O)OCc1ccccc1)C(=O)N[C@@H](CCCCNC(=O)OCc1ccccc1)C(=O)N[C@@H](CO)C(=O)NN. The summed E-state index contributed by atoms with van der Waals surface area (Å²) in [5, 5.41) is 22.4. The summed E-state index contributed by atoms with van der Waals surface area (Å²) in [7, 11) is 0. The molecule has 2 aromatic rings. The number of aliphatic hydroxyl groups excluding tert-OH is 1. The van der Waals surface area contributed by atoms with Gasteiger partial charge in [-0.25, -0.2) is 20.2 Å². The molecule has 3 atom stereocenters. The molecule has 0 aliphatic carbocycles. The molecule has 0 heterocycles. The highest BCUT2D eigenvalue weighted by Gasteiger charge is 2.30. The van der Waals surface area contributed by atoms with Crippen LogP contribution in [0.3, 0.4) is 0 Å².